The lowest BCUT2D eigenvalue weighted by Gasteiger charge is -2.56. The molecule has 3 aliphatic heterocycles. The van der Waals surface area contributed by atoms with Crippen molar-refractivity contribution < 1.29 is 9.50 Å². The Kier molecular flexibility index (Phi) is 4.83. The van der Waals surface area contributed by atoms with Crippen LogP contribution in [0.4, 0.5) is 4.39 Å². The predicted octanol–water partition coefficient (Wildman–Crippen LogP) is 3.15. The van der Waals surface area contributed by atoms with Crippen molar-refractivity contribution in [3.8, 4) is 0 Å². The highest BCUT2D eigenvalue weighted by Crippen LogP contribution is 2.41. The van der Waals surface area contributed by atoms with Crippen molar-refractivity contribution in [1.29, 1.82) is 0 Å². The Labute approximate surface area is 148 Å². The van der Waals surface area contributed by atoms with Crippen molar-refractivity contribution >= 4 is 11.6 Å². The fourth-order valence-electron chi connectivity index (χ4n) is 5.29. The Morgan fingerprint density at radius 2 is 2.04 bits per heavy atom. The molecule has 0 radical (unpaired) electrons. The lowest BCUT2D eigenvalue weighted by molar-refractivity contribution is -0.0876. The fraction of sp³-hybridized carbons (Fsp3) is 0.684. The molecule has 3 aliphatic rings. The second kappa shape index (κ2) is 6.91. The van der Waals surface area contributed by atoms with E-state index in [0.717, 1.165) is 19.6 Å². The first-order valence-corrected chi connectivity index (χ1v) is 9.57. The van der Waals surface area contributed by atoms with Gasteiger partial charge in [-0.05, 0) is 49.8 Å². The van der Waals surface area contributed by atoms with Crippen molar-refractivity contribution in [2.75, 3.05) is 26.2 Å². The van der Waals surface area contributed by atoms with Gasteiger partial charge in [-0.3, -0.25) is 9.80 Å². The molecule has 3 saturated heterocycles. The topological polar surface area (TPSA) is 26.7 Å². The smallest absolute Gasteiger partial charge is 0.129 e. The Morgan fingerprint density at radius 3 is 2.83 bits per heavy atom. The van der Waals surface area contributed by atoms with Crippen LogP contribution in [0.15, 0.2) is 18.2 Å². The minimum Gasteiger partial charge on any atom is -0.395 e. The van der Waals surface area contributed by atoms with Crippen LogP contribution in [0.5, 0.6) is 0 Å². The Bertz CT molecular complexity index is 564. The maximum Gasteiger partial charge on any atom is 0.129 e. The average Bonchev–Trinajstić information content (AvgIpc) is 2.59. The maximum atomic E-state index is 14.1. The zero-order chi connectivity index (χ0) is 16.7. The largest absolute Gasteiger partial charge is 0.395 e. The minimum atomic E-state index is -0.212. The van der Waals surface area contributed by atoms with Crippen LogP contribution in [0.1, 0.15) is 31.2 Å². The van der Waals surface area contributed by atoms with Gasteiger partial charge in [-0.25, -0.2) is 4.39 Å². The fourth-order valence-corrected chi connectivity index (χ4v) is 5.51. The van der Waals surface area contributed by atoms with Gasteiger partial charge < -0.3 is 5.11 Å². The van der Waals surface area contributed by atoms with E-state index in [-0.39, 0.29) is 18.5 Å². The third kappa shape index (κ3) is 2.98. The van der Waals surface area contributed by atoms with Crippen molar-refractivity contribution in [3.05, 3.63) is 34.6 Å². The molecule has 0 spiro atoms. The molecule has 0 unspecified atom stereocenters. The van der Waals surface area contributed by atoms with Crippen LogP contribution in [0.25, 0.3) is 0 Å². The molecule has 0 aromatic heterocycles. The van der Waals surface area contributed by atoms with E-state index in [1.165, 1.54) is 31.7 Å². The molecule has 1 aromatic rings. The van der Waals surface area contributed by atoms with E-state index < -0.39 is 0 Å². The van der Waals surface area contributed by atoms with E-state index in [9.17, 15) is 9.50 Å². The van der Waals surface area contributed by atoms with E-state index in [4.69, 9.17) is 11.6 Å². The normalized spacial score (nSPS) is 34.1. The number of hydrogen-bond donors (Lipinski definition) is 1. The molecule has 1 N–H and O–H groups in total. The van der Waals surface area contributed by atoms with Gasteiger partial charge in [0.2, 0.25) is 0 Å². The summed E-state index contributed by atoms with van der Waals surface area (Å²) in [6, 6.07) is 5.78. The molecule has 132 valence electrons. The summed E-state index contributed by atoms with van der Waals surface area (Å²) >= 11 is 6.22. The molecule has 3 nitrogen and oxygen atoms in total. The molecular formula is C19H26ClFN2O. The predicted molar refractivity (Wildman–Crippen MR) is 93.5 cm³/mol. The summed E-state index contributed by atoms with van der Waals surface area (Å²) in [5, 5.41) is 10.5. The number of halogens is 2. The molecule has 4 rings (SSSR count). The average molecular weight is 353 g/mol. The molecule has 0 saturated carbocycles. The second-order valence-corrected chi connectivity index (χ2v) is 8.11. The highest BCUT2D eigenvalue weighted by Gasteiger charge is 2.46. The summed E-state index contributed by atoms with van der Waals surface area (Å²) in [6.45, 7) is 3.88. The molecule has 2 bridgehead atoms. The van der Waals surface area contributed by atoms with Gasteiger partial charge in [-0.1, -0.05) is 24.1 Å². The van der Waals surface area contributed by atoms with Crippen LogP contribution >= 0.6 is 11.6 Å². The van der Waals surface area contributed by atoms with Gasteiger partial charge in [-0.2, -0.15) is 0 Å². The molecule has 1 aromatic carbocycles. The lowest BCUT2D eigenvalue weighted by Crippen LogP contribution is -2.64. The van der Waals surface area contributed by atoms with E-state index in [0.29, 0.717) is 35.0 Å². The van der Waals surface area contributed by atoms with Gasteiger partial charge in [0.1, 0.15) is 5.82 Å². The molecule has 3 fully saturated rings. The van der Waals surface area contributed by atoms with Crippen molar-refractivity contribution in [2.24, 2.45) is 11.8 Å². The van der Waals surface area contributed by atoms with Crippen molar-refractivity contribution in [3.63, 3.8) is 0 Å². The van der Waals surface area contributed by atoms with Crippen LogP contribution < -0.4 is 0 Å². The molecule has 3 heterocycles. The quantitative estimate of drug-likeness (QED) is 0.905. The van der Waals surface area contributed by atoms with E-state index in [2.05, 4.69) is 9.80 Å². The van der Waals surface area contributed by atoms with E-state index in [1.54, 1.807) is 12.1 Å². The van der Waals surface area contributed by atoms with Crippen LogP contribution in [0, 0.1) is 17.7 Å². The second-order valence-electron chi connectivity index (χ2n) is 7.70. The summed E-state index contributed by atoms with van der Waals surface area (Å²) in [5.41, 5.74) is 0.611. The van der Waals surface area contributed by atoms with Crippen LogP contribution in [0.2, 0.25) is 5.02 Å². The number of aliphatic hydroxyl groups excluding tert-OH is 1. The number of fused-ring (bicyclic) bond motifs is 4. The third-order valence-corrected chi connectivity index (χ3v) is 6.68. The van der Waals surface area contributed by atoms with Crippen molar-refractivity contribution in [2.45, 2.75) is 44.3 Å². The molecule has 0 amide bonds. The number of aliphatic hydroxyl groups is 1. The number of rotatable bonds is 3. The van der Waals surface area contributed by atoms with Gasteiger partial charge in [0.05, 0.1) is 6.61 Å². The van der Waals surface area contributed by atoms with Crippen LogP contribution in [0.3, 0.4) is 0 Å². The summed E-state index contributed by atoms with van der Waals surface area (Å²) in [4.78, 5) is 4.94. The Morgan fingerprint density at radius 1 is 1.21 bits per heavy atom. The Balaban J connectivity index is 1.54. The first-order valence-electron chi connectivity index (χ1n) is 9.19. The third-order valence-electron chi connectivity index (χ3n) is 6.33. The lowest BCUT2D eigenvalue weighted by atomic mass is 9.72. The number of benzene rings is 1. The van der Waals surface area contributed by atoms with Gasteiger partial charge in [0, 0.05) is 42.3 Å². The van der Waals surface area contributed by atoms with Crippen LogP contribution in [-0.4, -0.2) is 53.2 Å². The highest BCUT2D eigenvalue weighted by atomic mass is 35.5. The van der Waals surface area contributed by atoms with E-state index in [1.807, 2.05) is 0 Å². The molecule has 0 aliphatic carbocycles. The number of likely N-dealkylation sites (tertiary alicyclic amines) is 1. The summed E-state index contributed by atoms with van der Waals surface area (Å²) < 4.78 is 14.1. The van der Waals surface area contributed by atoms with Gasteiger partial charge in [-0.15, -0.1) is 0 Å². The first-order chi connectivity index (χ1) is 11.7. The molecule has 5 heteroatoms. The SMILES string of the molecule is OC[C@H]1[C@H]2C[C@H](CN(Cc3c(F)cccc3Cl)C2)[C@@H]2CCCCN12. The van der Waals surface area contributed by atoms with Gasteiger partial charge in [0.15, 0.2) is 0 Å². The summed E-state index contributed by atoms with van der Waals surface area (Å²) in [6.07, 6.45) is 4.98. The summed E-state index contributed by atoms with van der Waals surface area (Å²) in [5.74, 6) is 0.905. The van der Waals surface area contributed by atoms with Gasteiger partial charge in [0.25, 0.3) is 0 Å². The number of piperidine rings is 3. The van der Waals surface area contributed by atoms with Crippen molar-refractivity contribution in [1.82, 2.24) is 9.80 Å². The van der Waals surface area contributed by atoms with Gasteiger partial charge >= 0.3 is 0 Å². The Hall–Kier alpha value is -0.680. The number of hydrogen-bond acceptors (Lipinski definition) is 3. The molecular weight excluding hydrogens is 327 g/mol. The minimum absolute atomic E-state index is 0.212. The van der Waals surface area contributed by atoms with E-state index >= 15 is 0 Å². The molecule has 4 atom stereocenters. The zero-order valence-corrected chi connectivity index (χ0v) is 14.8. The monoisotopic (exact) mass is 352 g/mol. The zero-order valence-electron chi connectivity index (χ0n) is 14.0. The number of nitrogens with zero attached hydrogens (tertiary/aromatic N) is 2. The highest BCUT2D eigenvalue weighted by molar-refractivity contribution is 6.31. The summed E-state index contributed by atoms with van der Waals surface area (Å²) in [7, 11) is 0. The van der Waals surface area contributed by atoms with Crippen LogP contribution in [-0.2, 0) is 6.54 Å². The standard InChI is InChI=1S/C19H26ClFN2O/c20-16-4-3-5-17(21)15(16)11-22-9-13-8-14(10-22)19(12-24)23-7-2-1-6-18(13)23/h3-5,13-14,18-19,24H,1-2,6-12H2/t13-,14+,18+,19+/m1/s1. The molecule has 24 heavy (non-hydrogen) atoms. The first kappa shape index (κ1) is 16.8. The maximum absolute atomic E-state index is 14.1.